The number of carbonyl (C=O) groups is 1. The van der Waals surface area contributed by atoms with Crippen molar-refractivity contribution in [3.8, 4) is 11.5 Å². The normalized spacial score (nSPS) is 32.7. The molecule has 228 valence electrons. The van der Waals surface area contributed by atoms with Crippen LogP contribution in [0.3, 0.4) is 0 Å². The van der Waals surface area contributed by atoms with Crippen LogP contribution in [0.15, 0.2) is 39.5 Å². The van der Waals surface area contributed by atoms with Gasteiger partial charge in [0, 0.05) is 42.7 Å². The van der Waals surface area contributed by atoms with Gasteiger partial charge in [0.05, 0.1) is 0 Å². The third-order valence-electron chi connectivity index (χ3n) is 11.7. The molecule has 8 nitrogen and oxygen atoms in total. The summed E-state index contributed by atoms with van der Waals surface area (Å²) < 4.78 is 31.7. The van der Waals surface area contributed by atoms with E-state index in [1.165, 1.54) is 0 Å². The van der Waals surface area contributed by atoms with Gasteiger partial charge in [0.25, 0.3) is 0 Å². The smallest absolute Gasteiger partial charge is 0.232 e. The summed E-state index contributed by atoms with van der Waals surface area (Å²) in [6, 6.07) is 7.94. The Balaban J connectivity index is 1.05. The topological polar surface area (TPSA) is 94.5 Å². The summed E-state index contributed by atoms with van der Waals surface area (Å²) in [5.41, 5.74) is 0.619. The number of carbonyl (C=O) groups excluding carboxylic acids is 1. The lowest BCUT2D eigenvalue weighted by Gasteiger charge is -2.66. The van der Waals surface area contributed by atoms with Gasteiger partial charge >= 0.3 is 0 Å². The molecule has 2 heterocycles. The average molecular weight is 589 g/mol. The number of hydrogen-bond acceptors (Lipinski definition) is 7. The van der Waals surface area contributed by atoms with Crippen LogP contribution in [-0.2, 0) is 20.5 Å². The lowest BCUT2D eigenvalue weighted by Crippen LogP contribution is -2.65. The molecule has 3 aromatic rings. The number of ether oxygens (including phenoxy) is 1. The van der Waals surface area contributed by atoms with Crippen molar-refractivity contribution in [2.75, 3.05) is 18.6 Å². The highest BCUT2D eigenvalue weighted by Crippen LogP contribution is 2.71. The molecule has 0 spiro atoms. The molecule has 0 saturated heterocycles. The van der Waals surface area contributed by atoms with E-state index in [1.54, 1.807) is 13.4 Å². The number of hydrogen-bond donors (Lipinski definition) is 0. The number of rotatable bonds is 10. The van der Waals surface area contributed by atoms with Crippen LogP contribution in [0, 0.1) is 10.8 Å². The number of anilines is 1. The number of halogens is 1. The van der Waals surface area contributed by atoms with E-state index in [0.717, 1.165) is 74.3 Å². The van der Waals surface area contributed by atoms with E-state index in [0.29, 0.717) is 49.7 Å². The highest BCUT2D eigenvalue weighted by atomic mass is 19.1. The molecule has 7 fully saturated rings. The van der Waals surface area contributed by atoms with Crippen molar-refractivity contribution in [1.82, 2.24) is 15.1 Å². The molecular formula is C34H41FN4O4. The van der Waals surface area contributed by atoms with Gasteiger partial charge in [0.15, 0.2) is 5.82 Å². The fraction of sp³-hybridized carbons (Fsp3) is 0.647. The van der Waals surface area contributed by atoms with Gasteiger partial charge < -0.3 is 18.6 Å². The van der Waals surface area contributed by atoms with Gasteiger partial charge in [0.2, 0.25) is 17.7 Å². The lowest BCUT2D eigenvalue weighted by molar-refractivity contribution is -0.215. The first kappa shape index (κ1) is 27.5. The number of alkyl halides is 1. The second-order valence-electron chi connectivity index (χ2n) is 15.2. The number of methoxy groups -OCH3 is 1. The lowest BCUT2D eigenvalue weighted by atomic mass is 9.41. The summed E-state index contributed by atoms with van der Waals surface area (Å²) in [5, 5.41) is 4.32. The molecule has 0 atom stereocenters. The average Bonchev–Trinajstić information content (AvgIpc) is 3.48. The molecule has 0 aliphatic heterocycles. The number of amides is 1. The molecule has 7 aliphatic rings. The van der Waals surface area contributed by atoms with E-state index in [2.05, 4.69) is 5.16 Å². The highest BCUT2D eigenvalue weighted by Gasteiger charge is 2.69. The van der Waals surface area contributed by atoms with E-state index in [4.69, 9.17) is 23.6 Å². The minimum Gasteiger partial charge on any atom is -0.444 e. The second kappa shape index (κ2) is 9.22. The maximum atomic E-state index is 14.4. The quantitative estimate of drug-likeness (QED) is 0.244. The predicted molar refractivity (Wildman–Crippen MR) is 157 cm³/mol. The largest absolute Gasteiger partial charge is 0.444 e. The predicted octanol–water partition coefficient (Wildman–Crippen LogP) is 7.39. The molecule has 7 saturated carbocycles. The first-order valence-electron chi connectivity index (χ1n) is 16.0. The molecule has 1 amide bonds. The van der Waals surface area contributed by atoms with Gasteiger partial charge in [-0.3, -0.25) is 4.79 Å². The zero-order valence-corrected chi connectivity index (χ0v) is 25.5. The maximum Gasteiger partial charge on any atom is 0.232 e. The van der Waals surface area contributed by atoms with Crippen LogP contribution >= 0.6 is 0 Å². The standard InChI is InChI=1S/C34H41FN4O4/c1-30(2,41-3)25-17-42-28(36-25)23-5-4-6-24(15-23)39(26(40)16-32-18-34(35,19-32)20-32)21-31-9-12-33(13-10-31,14-11-31)29-37-27(38-43-29)22-7-8-22/h4-6,15,17,22H,7-14,16,18-21H2,1-3H3. The van der Waals surface area contributed by atoms with E-state index < -0.39 is 11.3 Å². The summed E-state index contributed by atoms with van der Waals surface area (Å²) in [4.78, 5) is 25.7. The van der Waals surface area contributed by atoms with E-state index >= 15 is 0 Å². The van der Waals surface area contributed by atoms with Gasteiger partial charge in [-0.05, 0) is 114 Å². The van der Waals surface area contributed by atoms with Crippen LogP contribution in [0.25, 0.3) is 11.5 Å². The Labute approximate surface area is 251 Å². The molecule has 10 rings (SSSR count). The number of oxazole rings is 1. The van der Waals surface area contributed by atoms with Crippen molar-refractivity contribution < 1.29 is 22.9 Å². The van der Waals surface area contributed by atoms with Gasteiger partial charge in [0.1, 0.15) is 23.2 Å². The molecule has 0 unspecified atom stereocenters. The van der Waals surface area contributed by atoms with Gasteiger partial charge in [-0.15, -0.1) is 0 Å². The number of nitrogens with zero attached hydrogens (tertiary/aromatic N) is 4. The Kier molecular flexibility index (Phi) is 5.89. The molecule has 7 aliphatic carbocycles. The highest BCUT2D eigenvalue weighted by molar-refractivity contribution is 5.94. The third kappa shape index (κ3) is 4.56. The Hall–Kier alpha value is -3.07. The monoisotopic (exact) mass is 588 g/mol. The van der Waals surface area contributed by atoms with Gasteiger partial charge in [-0.1, -0.05) is 11.2 Å². The zero-order valence-electron chi connectivity index (χ0n) is 25.5. The molecule has 2 aromatic heterocycles. The van der Waals surface area contributed by atoms with Crippen LogP contribution in [0.5, 0.6) is 0 Å². The van der Waals surface area contributed by atoms with Crippen LogP contribution in [0.1, 0.15) is 114 Å². The minimum atomic E-state index is -1.02. The van der Waals surface area contributed by atoms with Crippen LogP contribution in [0.2, 0.25) is 0 Å². The van der Waals surface area contributed by atoms with E-state index in [9.17, 15) is 9.18 Å². The Bertz CT molecular complexity index is 1530. The van der Waals surface area contributed by atoms with Crippen molar-refractivity contribution >= 4 is 11.6 Å². The van der Waals surface area contributed by atoms with E-state index in [1.807, 2.05) is 43.0 Å². The van der Waals surface area contributed by atoms with Crippen molar-refractivity contribution in [3.63, 3.8) is 0 Å². The van der Waals surface area contributed by atoms with Crippen LogP contribution < -0.4 is 4.90 Å². The van der Waals surface area contributed by atoms with Crippen LogP contribution in [-0.4, -0.2) is 40.4 Å². The van der Waals surface area contributed by atoms with Crippen molar-refractivity contribution in [3.05, 3.63) is 47.9 Å². The SMILES string of the molecule is COC(C)(C)c1coc(-c2cccc(N(CC34CCC(c5nc(C6CC6)no5)(CC3)CC4)C(=O)CC34CC(F)(C3)C4)c2)n1. The fourth-order valence-corrected chi connectivity index (χ4v) is 8.50. The number of benzene rings is 1. The first-order valence-corrected chi connectivity index (χ1v) is 16.0. The summed E-state index contributed by atoms with van der Waals surface area (Å²) >= 11 is 0. The molecule has 0 radical (unpaired) electrons. The van der Waals surface area contributed by atoms with Gasteiger partial charge in [-0.2, -0.15) is 4.98 Å². The first-order chi connectivity index (χ1) is 20.5. The maximum absolute atomic E-state index is 14.4. The molecule has 4 bridgehead atoms. The van der Waals surface area contributed by atoms with Gasteiger partial charge in [-0.25, -0.2) is 9.37 Å². The minimum absolute atomic E-state index is 0.0312. The van der Waals surface area contributed by atoms with Crippen molar-refractivity contribution in [2.24, 2.45) is 10.8 Å². The third-order valence-corrected chi connectivity index (χ3v) is 11.7. The molecule has 9 heteroatoms. The molecule has 1 aromatic carbocycles. The summed E-state index contributed by atoms with van der Waals surface area (Å²) in [7, 11) is 1.66. The van der Waals surface area contributed by atoms with Crippen LogP contribution in [0.4, 0.5) is 10.1 Å². The summed E-state index contributed by atoms with van der Waals surface area (Å²) in [6.07, 6.45) is 12.0. The molecule has 0 N–H and O–H groups in total. The Morgan fingerprint density at radius 3 is 2.44 bits per heavy atom. The number of fused-ring (bicyclic) bond motifs is 3. The molecular weight excluding hydrogens is 547 g/mol. The summed E-state index contributed by atoms with van der Waals surface area (Å²) in [6.45, 7) is 4.56. The van der Waals surface area contributed by atoms with Crippen molar-refractivity contribution in [1.29, 1.82) is 0 Å². The summed E-state index contributed by atoms with van der Waals surface area (Å²) in [5.74, 6) is 2.79. The second-order valence-corrected chi connectivity index (χ2v) is 15.2. The fourth-order valence-electron chi connectivity index (χ4n) is 8.50. The zero-order chi connectivity index (χ0) is 29.7. The van der Waals surface area contributed by atoms with Crippen molar-refractivity contribution in [2.45, 2.75) is 114 Å². The number of aromatic nitrogens is 3. The molecule has 43 heavy (non-hydrogen) atoms. The Morgan fingerprint density at radius 2 is 1.79 bits per heavy atom. The van der Waals surface area contributed by atoms with E-state index in [-0.39, 0.29) is 22.2 Å². The Morgan fingerprint density at radius 1 is 1.07 bits per heavy atom.